The molecular formula is C29H34FN3O4. The number of nitrogens with zero attached hydrogens (tertiary/aromatic N) is 3. The van der Waals surface area contributed by atoms with Crippen LogP contribution in [0.3, 0.4) is 0 Å². The maximum absolute atomic E-state index is 14.8. The number of carboxylic acids is 1. The van der Waals surface area contributed by atoms with Gasteiger partial charge in [0.15, 0.2) is 5.82 Å². The predicted molar refractivity (Wildman–Crippen MR) is 141 cm³/mol. The molecule has 1 aliphatic carbocycles. The van der Waals surface area contributed by atoms with Gasteiger partial charge in [0.2, 0.25) is 0 Å². The molecule has 37 heavy (non-hydrogen) atoms. The number of carboxylic acid groups (broad SMARTS) is 1. The van der Waals surface area contributed by atoms with Crippen LogP contribution >= 0.6 is 0 Å². The monoisotopic (exact) mass is 507 g/mol. The Hall–Kier alpha value is -3.68. The van der Waals surface area contributed by atoms with Crippen molar-refractivity contribution < 1.29 is 23.8 Å². The highest BCUT2D eigenvalue weighted by molar-refractivity contribution is 5.74. The van der Waals surface area contributed by atoms with E-state index in [1.807, 2.05) is 24.3 Å². The van der Waals surface area contributed by atoms with E-state index in [1.165, 1.54) is 25.3 Å². The van der Waals surface area contributed by atoms with Gasteiger partial charge in [-0.15, -0.1) is 0 Å². The summed E-state index contributed by atoms with van der Waals surface area (Å²) in [4.78, 5) is 22.4. The molecule has 2 fully saturated rings. The van der Waals surface area contributed by atoms with Gasteiger partial charge in [0.25, 0.3) is 0 Å². The van der Waals surface area contributed by atoms with Gasteiger partial charge in [-0.25, -0.2) is 9.37 Å². The standard InChI is InChI=1S/C26H28FN3O4.C3H6/c1-33-20-9-10-23(27)22(15-20)25-26(30-12-3-2-4-13-30)29-19(16-28-25)17-34-21-7-5-6-18(14-21)8-11-24(31)32;1-2-3-1/h5-7,9-10,14-16H,2-4,8,11-13,17H2,1H3,(H,31,32);1-3H2. The van der Waals surface area contributed by atoms with E-state index in [0.29, 0.717) is 40.7 Å². The maximum atomic E-state index is 14.8. The third kappa shape index (κ3) is 7.90. The second-order valence-corrected chi connectivity index (χ2v) is 9.32. The van der Waals surface area contributed by atoms with Crippen molar-refractivity contribution in [2.75, 3.05) is 25.1 Å². The van der Waals surface area contributed by atoms with Crippen molar-refractivity contribution >= 4 is 11.8 Å². The molecule has 3 aromatic rings. The van der Waals surface area contributed by atoms with Crippen LogP contribution in [0.25, 0.3) is 11.3 Å². The van der Waals surface area contributed by atoms with Crippen LogP contribution in [-0.2, 0) is 17.8 Å². The molecule has 1 N–H and O–H groups in total. The largest absolute Gasteiger partial charge is 0.497 e. The lowest BCUT2D eigenvalue weighted by Gasteiger charge is -2.29. The molecule has 1 aliphatic heterocycles. The van der Waals surface area contributed by atoms with Crippen molar-refractivity contribution in [3.8, 4) is 22.8 Å². The number of methoxy groups -OCH3 is 1. The van der Waals surface area contributed by atoms with E-state index in [0.717, 1.165) is 37.9 Å². The predicted octanol–water partition coefficient (Wildman–Crippen LogP) is 6.05. The summed E-state index contributed by atoms with van der Waals surface area (Å²) in [5, 5.41) is 8.90. The Kier molecular flexibility index (Phi) is 9.29. The smallest absolute Gasteiger partial charge is 0.303 e. The van der Waals surface area contributed by atoms with Crippen LogP contribution < -0.4 is 14.4 Å². The van der Waals surface area contributed by atoms with E-state index in [2.05, 4.69) is 9.88 Å². The summed E-state index contributed by atoms with van der Waals surface area (Å²) in [5.41, 5.74) is 2.36. The third-order valence-corrected chi connectivity index (χ3v) is 6.15. The topological polar surface area (TPSA) is 84.8 Å². The number of hydrogen-bond acceptors (Lipinski definition) is 6. The zero-order valence-corrected chi connectivity index (χ0v) is 21.3. The van der Waals surface area contributed by atoms with Crippen molar-refractivity contribution in [1.29, 1.82) is 0 Å². The van der Waals surface area contributed by atoms with Crippen LogP contribution in [0, 0.1) is 5.82 Å². The number of benzene rings is 2. The van der Waals surface area contributed by atoms with Crippen LogP contribution in [0.15, 0.2) is 48.7 Å². The van der Waals surface area contributed by atoms with Crippen molar-refractivity contribution in [1.82, 2.24) is 9.97 Å². The van der Waals surface area contributed by atoms with Crippen LogP contribution in [0.1, 0.15) is 56.2 Å². The van der Waals surface area contributed by atoms with E-state index in [9.17, 15) is 9.18 Å². The second-order valence-electron chi connectivity index (χ2n) is 9.32. The summed E-state index contributed by atoms with van der Waals surface area (Å²) >= 11 is 0. The molecule has 2 aromatic carbocycles. The Morgan fingerprint density at radius 2 is 1.78 bits per heavy atom. The normalized spacial score (nSPS) is 14.4. The highest BCUT2D eigenvalue weighted by atomic mass is 19.1. The zero-order valence-electron chi connectivity index (χ0n) is 21.3. The number of hydrogen-bond donors (Lipinski definition) is 1. The Balaban J connectivity index is 0.000000994. The number of halogens is 1. The number of piperidine rings is 1. The number of ether oxygens (including phenoxy) is 2. The second kappa shape index (κ2) is 13.0. The first kappa shape index (κ1) is 26.4. The van der Waals surface area contributed by atoms with Crippen molar-refractivity contribution in [3.05, 3.63) is 65.7 Å². The summed E-state index contributed by atoms with van der Waals surface area (Å²) in [6.07, 6.45) is 9.86. The van der Waals surface area contributed by atoms with E-state index >= 15 is 0 Å². The molecule has 0 atom stereocenters. The average molecular weight is 508 g/mol. The molecule has 5 rings (SSSR count). The first-order chi connectivity index (χ1) is 18.0. The van der Waals surface area contributed by atoms with Gasteiger partial charge in [-0.3, -0.25) is 9.78 Å². The van der Waals surface area contributed by atoms with Gasteiger partial charge in [0.1, 0.15) is 29.6 Å². The van der Waals surface area contributed by atoms with Crippen molar-refractivity contribution in [3.63, 3.8) is 0 Å². The van der Waals surface area contributed by atoms with E-state index in [-0.39, 0.29) is 18.8 Å². The molecule has 0 radical (unpaired) electrons. The summed E-state index contributed by atoms with van der Waals surface area (Å²) in [5.74, 6) is 0.614. The zero-order chi connectivity index (χ0) is 26.0. The molecule has 2 aliphatic rings. The summed E-state index contributed by atoms with van der Waals surface area (Å²) in [6, 6.07) is 12.0. The molecule has 8 heteroatoms. The molecule has 0 amide bonds. The fraction of sp³-hybridized carbons (Fsp3) is 0.414. The molecule has 1 aromatic heterocycles. The number of aryl methyl sites for hydroxylation is 1. The van der Waals surface area contributed by atoms with Gasteiger partial charge >= 0.3 is 5.97 Å². The minimum atomic E-state index is -0.834. The van der Waals surface area contributed by atoms with E-state index in [4.69, 9.17) is 19.6 Å². The fourth-order valence-corrected chi connectivity index (χ4v) is 4.01. The van der Waals surface area contributed by atoms with Crippen LogP contribution in [-0.4, -0.2) is 41.2 Å². The highest BCUT2D eigenvalue weighted by Crippen LogP contribution is 2.33. The van der Waals surface area contributed by atoms with Crippen LogP contribution in [0.4, 0.5) is 10.2 Å². The fourth-order valence-electron chi connectivity index (χ4n) is 4.01. The molecule has 0 unspecified atom stereocenters. The van der Waals surface area contributed by atoms with Gasteiger partial charge < -0.3 is 19.5 Å². The Morgan fingerprint density at radius 3 is 2.49 bits per heavy atom. The molecule has 0 spiro atoms. The maximum Gasteiger partial charge on any atom is 0.303 e. The van der Waals surface area contributed by atoms with Crippen molar-refractivity contribution in [2.45, 2.75) is 58.0 Å². The van der Waals surface area contributed by atoms with E-state index in [1.54, 1.807) is 25.4 Å². The van der Waals surface area contributed by atoms with Gasteiger partial charge in [0.05, 0.1) is 19.0 Å². The van der Waals surface area contributed by atoms with Crippen molar-refractivity contribution in [2.24, 2.45) is 0 Å². The number of carbonyl (C=O) groups is 1. The Morgan fingerprint density at radius 1 is 1.03 bits per heavy atom. The number of anilines is 1. The minimum absolute atomic E-state index is 0.0659. The number of aliphatic carboxylic acids is 1. The first-order valence-electron chi connectivity index (χ1n) is 12.9. The SMILES string of the molecule is C1CC1.COc1ccc(F)c(-c2ncc(COc3cccc(CCC(=O)O)c3)nc2N2CCCCC2)c1. The molecule has 0 bridgehead atoms. The molecule has 2 heterocycles. The lowest BCUT2D eigenvalue weighted by atomic mass is 10.1. The lowest BCUT2D eigenvalue weighted by molar-refractivity contribution is -0.136. The minimum Gasteiger partial charge on any atom is -0.497 e. The van der Waals surface area contributed by atoms with Gasteiger partial charge in [-0.2, -0.15) is 0 Å². The van der Waals surface area contributed by atoms with E-state index < -0.39 is 5.97 Å². The third-order valence-electron chi connectivity index (χ3n) is 6.15. The molecule has 1 saturated heterocycles. The summed E-state index contributed by atoms with van der Waals surface area (Å²) in [6.45, 7) is 1.86. The van der Waals surface area contributed by atoms with Gasteiger partial charge in [0, 0.05) is 25.1 Å². The quantitative estimate of drug-likeness (QED) is 0.377. The van der Waals surface area contributed by atoms with Crippen LogP contribution in [0.2, 0.25) is 0 Å². The summed E-state index contributed by atoms with van der Waals surface area (Å²) < 4.78 is 26.0. The highest BCUT2D eigenvalue weighted by Gasteiger charge is 2.21. The average Bonchev–Trinajstić information content (AvgIpc) is 3.82. The molecule has 7 nitrogen and oxygen atoms in total. The van der Waals surface area contributed by atoms with Crippen LogP contribution in [0.5, 0.6) is 11.5 Å². The Bertz CT molecular complexity index is 1190. The number of aromatic nitrogens is 2. The molecule has 1 saturated carbocycles. The number of rotatable bonds is 9. The van der Waals surface area contributed by atoms with Gasteiger partial charge in [-0.05, 0) is 61.6 Å². The first-order valence-corrected chi connectivity index (χ1v) is 12.9. The lowest BCUT2D eigenvalue weighted by Crippen LogP contribution is -2.31. The molecular weight excluding hydrogens is 473 g/mol. The molecule has 196 valence electrons. The van der Waals surface area contributed by atoms with Gasteiger partial charge in [-0.1, -0.05) is 31.4 Å². The summed E-state index contributed by atoms with van der Waals surface area (Å²) in [7, 11) is 1.55. The Labute approximate surface area is 217 Å².